The van der Waals surface area contributed by atoms with Gasteiger partial charge in [-0.1, -0.05) is 13.8 Å². The maximum atomic E-state index is 12.1. The van der Waals surface area contributed by atoms with E-state index in [0.717, 1.165) is 30.9 Å². The van der Waals surface area contributed by atoms with E-state index >= 15 is 0 Å². The van der Waals surface area contributed by atoms with Gasteiger partial charge in [-0.2, -0.15) is 5.26 Å². The lowest BCUT2D eigenvalue weighted by atomic mass is 10.1. The van der Waals surface area contributed by atoms with Crippen LogP contribution < -0.4 is 10.6 Å². The Morgan fingerprint density at radius 3 is 2.56 bits per heavy atom. The number of ketones is 1. The summed E-state index contributed by atoms with van der Waals surface area (Å²) in [6.07, 6.45) is 2.27. The monoisotopic (exact) mass is 263 g/mol. The molecule has 2 heterocycles. The van der Waals surface area contributed by atoms with Crippen molar-refractivity contribution in [1.82, 2.24) is 0 Å². The van der Waals surface area contributed by atoms with E-state index in [2.05, 4.69) is 11.0 Å². The van der Waals surface area contributed by atoms with Crippen molar-refractivity contribution in [3.05, 3.63) is 10.4 Å². The minimum Gasteiger partial charge on any atom is -0.396 e. The van der Waals surface area contributed by atoms with Crippen molar-refractivity contribution in [3.8, 4) is 6.07 Å². The van der Waals surface area contributed by atoms with Crippen molar-refractivity contribution in [2.75, 3.05) is 23.7 Å². The molecule has 0 radical (unpaired) electrons. The van der Waals surface area contributed by atoms with E-state index in [4.69, 9.17) is 5.73 Å². The molecule has 96 valence electrons. The number of carbonyl (C=O) groups excluding carboxylic acids is 1. The van der Waals surface area contributed by atoms with Gasteiger partial charge in [0.25, 0.3) is 0 Å². The standard InChI is InChI=1S/C13H17N3OS/c1-8(2)11(17)12-10(15)9(7-14)13(18-12)16-5-3-4-6-16/h8H,3-6,15H2,1-2H3. The van der Waals surface area contributed by atoms with E-state index in [1.807, 2.05) is 13.8 Å². The van der Waals surface area contributed by atoms with Gasteiger partial charge in [-0.05, 0) is 12.8 Å². The predicted molar refractivity (Wildman–Crippen MR) is 74.1 cm³/mol. The summed E-state index contributed by atoms with van der Waals surface area (Å²) in [5.74, 6) is -0.0663. The van der Waals surface area contributed by atoms with Gasteiger partial charge in [0.15, 0.2) is 5.78 Å². The first-order valence-corrected chi connectivity index (χ1v) is 6.99. The Bertz CT molecular complexity index is 507. The molecule has 1 aromatic rings. The van der Waals surface area contributed by atoms with Crippen molar-refractivity contribution in [2.45, 2.75) is 26.7 Å². The molecule has 0 aliphatic carbocycles. The first-order chi connectivity index (χ1) is 8.56. The summed E-state index contributed by atoms with van der Waals surface area (Å²) in [6, 6.07) is 2.15. The van der Waals surface area contributed by atoms with Crippen LogP contribution in [0.5, 0.6) is 0 Å². The molecule has 0 aromatic carbocycles. The van der Waals surface area contributed by atoms with Crippen molar-refractivity contribution in [1.29, 1.82) is 5.26 Å². The summed E-state index contributed by atoms with van der Waals surface area (Å²) < 4.78 is 0. The highest BCUT2D eigenvalue weighted by atomic mass is 32.1. The fourth-order valence-electron chi connectivity index (χ4n) is 2.13. The number of nitrogen functional groups attached to an aromatic ring is 1. The Kier molecular flexibility index (Phi) is 3.58. The van der Waals surface area contributed by atoms with Gasteiger partial charge >= 0.3 is 0 Å². The maximum Gasteiger partial charge on any atom is 0.177 e. The Morgan fingerprint density at radius 2 is 2.06 bits per heavy atom. The second kappa shape index (κ2) is 4.99. The molecular formula is C13H17N3OS. The highest BCUT2D eigenvalue weighted by molar-refractivity contribution is 7.19. The molecule has 0 atom stereocenters. The highest BCUT2D eigenvalue weighted by Crippen LogP contribution is 2.40. The van der Waals surface area contributed by atoms with Crippen molar-refractivity contribution < 1.29 is 4.79 Å². The van der Waals surface area contributed by atoms with Crippen LogP contribution in [0.25, 0.3) is 0 Å². The largest absolute Gasteiger partial charge is 0.396 e. The molecule has 1 aliphatic rings. The highest BCUT2D eigenvalue weighted by Gasteiger charge is 2.26. The van der Waals surface area contributed by atoms with E-state index in [-0.39, 0.29) is 11.7 Å². The molecule has 1 aliphatic heterocycles. The van der Waals surface area contributed by atoms with Gasteiger partial charge in [0.2, 0.25) is 0 Å². The number of nitrogens with two attached hydrogens (primary N) is 1. The lowest BCUT2D eigenvalue weighted by Crippen LogP contribution is -2.17. The minimum absolute atomic E-state index is 0.0273. The number of thiophene rings is 1. The third-order valence-corrected chi connectivity index (χ3v) is 4.46. The Labute approximate surface area is 111 Å². The molecule has 1 fully saturated rings. The van der Waals surface area contributed by atoms with Crippen LogP contribution >= 0.6 is 11.3 Å². The summed E-state index contributed by atoms with van der Waals surface area (Å²) >= 11 is 1.37. The van der Waals surface area contributed by atoms with Crippen molar-refractivity contribution >= 4 is 27.8 Å². The van der Waals surface area contributed by atoms with Crippen molar-refractivity contribution in [2.24, 2.45) is 5.92 Å². The maximum absolute atomic E-state index is 12.1. The topological polar surface area (TPSA) is 70.1 Å². The van der Waals surface area contributed by atoms with Crippen LogP contribution in [0.3, 0.4) is 0 Å². The lowest BCUT2D eigenvalue weighted by Gasteiger charge is -2.14. The molecule has 5 heteroatoms. The number of Topliss-reactive ketones (excluding diaryl/α,β-unsaturated/α-hetero) is 1. The fraction of sp³-hybridized carbons (Fsp3) is 0.538. The molecule has 2 rings (SSSR count). The zero-order chi connectivity index (χ0) is 13.3. The molecule has 1 saturated heterocycles. The average Bonchev–Trinajstić information content (AvgIpc) is 2.94. The Hall–Kier alpha value is -1.54. The van der Waals surface area contributed by atoms with Crippen LogP contribution in [0.2, 0.25) is 0 Å². The van der Waals surface area contributed by atoms with Crippen LogP contribution in [0.4, 0.5) is 10.7 Å². The summed E-state index contributed by atoms with van der Waals surface area (Å²) in [5.41, 5.74) is 6.80. The second-order valence-electron chi connectivity index (χ2n) is 4.85. The molecule has 0 bridgehead atoms. The first kappa shape index (κ1) is 12.9. The molecule has 0 spiro atoms. The number of anilines is 2. The van der Waals surface area contributed by atoms with E-state index in [1.165, 1.54) is 11.3 Å². The van der Waals surface area contributed by atoms with E-state index in [9.17, 15) is 10.1 Å². The summed E-state index contributed by atoms with van der Waals surface area (Å²) in [6.45, 7) is 5.60. The molecule has 0 unspecified atom stereocenters. The van der Waals surface area contributed by atoms with E-state index in [0.29, 0.717) is 16.1 Å². The van der Waals surface area contributed by atoms with E-state index < -0.39 is 0 Å². The van der Waals surface area contributed by atoms with Gasteiger partial charge in [-0.3, -0.25) is 4.79 Å². The van der Waals surface area contributed by atoms with Gasteiger partial charge in [0.05, 0.1) is 10.6 Å². The lowest BCUT2D eigenvalue weighted by molar-refractivity contribution is 0.0944. The predicted octanol–water partition coefficient (Wildman–Crippen LogP) is 2.64. The number of hydrogen-bond acceptors (Lipinski definition) is 5. The van der Waals surface area contributed by atoms with Gasteiger partial charge in [0, 0.05) is 19.0 Å². The third kappa shape index (κ3) is 2.08. The number of hydrogen-bond donors (Lipinski definition) is 1. The van der Waals surface area contributed by atoms with Gasteiger partial charge in [-0.15, -0.1) is 11.3 Å². The summed E-state index contributed by atoms with van der Waals surface area (Å²) in [7, 11) is 0. The second-order valence-corrected chi connectivity index (χ2v) is 5.85. The Morgan fingerprint density at radius 1 is 1.44 bits per heavy atom. The fourth-order valence-corrected chi connectivity index (χ4v) is 3.44. The van der Waals surface area contributed by atoms with Crippen molar-refractivity contribution in [3.63, 3.8) is 0 Å². The zero-order valence-electron chi connectivity index (χ0n) is 10.7. The molecule has 2 N–H and O–H groups in total. The first-order valence-electron chi connectivity index (χ1n) is 6.17. The van der Waals surface area contributed by atoms with Crippen LogP contribution in [0.1, 0.15) is 41.9 Å². The van der Waals surface area contributed by atoms with Gasteiger partial charge in [0.1, 0.15) is 16.6 Å². The third-order valence-electron chi connectivity index (χ3n) is 3.18. The van der Waals surface area contributed by atoms with Gasteiger partial charge < -0.3 is 10.6 Å². The zero-order valence-corrected chi connectivity index (χ0v) is 11.5. The SMILES string of the molecule is CC(C)C(=O)c1sc(N2CCCC2)c(C#N)c1N. The van der Waals surface area contributed by atoms with Crippen LogP contribution in [0, 0.1) is 17.2 Å². The average molecular weight is 263 g/mol. The number of nitriles is 1. The minimum atomic E-state index is -0.0936. The normalized spacial score (nSPS) is 15.1. The van der Waals surface area contributed by atoms with Crippen LogP contribution in [0.15, 0.2) is 0 Å². The quantitative estimate of drug-likeness (QED) is 0.851. The number of carbonyl (C=O) groups is 1. The number of rotatable bonds is 3. The molecular weight excluding hydrogens is 246 g/mol. The molecule has 0 saturated carbocycles. The molecule has 4 nitrogen and oxygen atoms in total. The summed E-state index contributed by atoms with van der Waals surface area (Å²) in [4.78, 5) is 14.8. The van der Waals surface area contributed by atoms with Crippen LogP contribution in [-0.4, -0.2) is 18.9 Å². The Balaban J connectivity index is 2.45. The smallest absolute Gasteiger partial charge is 0.177 e. The number of nitrogens with zero attached hydrogens (tertiary/aromatic N) is 2. The molecule has 1 aromatic heterocycles. The molecule has 0 amide bonds. The van der Waals surface area contributed by atoms with E-state index in [1.54, 1.807) is 0 Å². The van der Waals surface area contributed by atoms with Crippen LogP contribution in [-0.2, 0) is 0 Å². The summed E-state index contributed by atoms with van der Waals surface area (Å²) in [5, 5.41) is 10.1. The van der Waals surface area contributed by atoms with Gasteiger partial charge in [-0.25, -0.2) is 0 Å². The molecule has 18 heavy (non-hydrogen) atoms.